The molecule has 0 aliphatic rings. The van der Waals surface area contributed by atoms with Gasteiger partial charge in [0.1, 0.15) is 11.6 Å². The van der Waals surface area contributed by atoms with Crippen LogP contribution in [0.4, 0.5) is 29.5 Å². The zero-order valence-corrected chi connectivity index (χ0v) is 19.4. The molecule has 9 nitrogen and oxygen atoms in total. The van der Waals surface area contributed by atoms with Crippen LogP contribution in [0.15, 0.2) is 48.7 Å². The number of nitrogens with zero attached hydrogens (tertiary/aromatic N) is 4. The Hall–Kier alpha value is -4.19. The largest absolute Gasteiger partial charge is 0.492 e. The number of halogens is 4. The predicted molar refractivity (Wildman–Crippen MR) is 126 cm³/mol. The van der Waals surface area contributed by atoms with Crippen LogP contribution in [0.5, 0.6) is 5.88 Å². The number of carbonyl (C=O) groups excluding carboxylic acids is 1. The Bertz CT molecular complexity index is 1390. The molecular weight excluding hydrogens is 499 g/mol. The van der Waals surface area contributed by atoms with Gasteiger partial charge in [-0.15, -0.1) is 5.10 Å². The molecule has 0 spiro atoms. The van der Waals surface area contributed by atoms with Crippen LogP contribution in [0.2, 0.25) is 5.02 Å². The first-order valence-corrected chi connectivity index (χ1v) is 10.9. The number of H-pyrrole nitrogens is 1. The lowest BCUT2D eigenvalue weighted by Gasteiger charge is -2.12. The summed E-state index contributed by atoms with van der Waals surface area (Å²) in [4.78, 5) is 25.4. The summed E-state index contributed by atoms with van der Waals surface area (Å²) in [5.41, 5.74) is 1.90. The molecule has 0 atom stereocenters. The van der Waals surface area contributed by atoms with Crippen LogP contribution in [0.25, 0.3) is 0 Å². The van der Waals surface area contributed by atoms with Crippen molar-refractivity contribution < 1.29 is 23.1 Å². The number of aromatic amines is 1. The average Bonchev–Trinajstić information content (AvgIpc) is 3.19. The second kappa shape index (κ2) is 10.2. The first kappa shape index (κ1) is 24.9. The zero-order chi connectivity index (χ0) is 25.9. The molecule has 0 aliphatic heterocycles. The van der Waals surface area contributed by atoms with Crippen molar-refractivity contribution in [3.63, 3.8) is 0 Å². The maximum atomic E-state index is 13.0. The Morgan fingerprint density at radius 2 is 1.89 bits per heavy atom. The number of hydrogen-bond acceptors (Lipinski definition) is 6. The standard InChI is InChI=1S/C23H19ClF3N7O2/c1-12-6-15(8-16-10-21(35)34-33-16)30-20(29-12)7-13-2-5-19(28-11-13)32-22(36)31-14-3-4-18(24)17(9-14)23(25,26)27/h2-6,9-11H,7-8H2,1H3,(H2,33,34,35)(H2,28,31,32,36). The van der Waals surface area contributed by atoms with Gasteiger partial charge in [-0.1, -0.05) is 17.7 Å². The number of rotatable bonds is 6. The Morgan fingerprint density at radius 1 is 1.08 bits per heavy atom. The minimum Gasteiger partial charge on any atom is -0.492 e. The van der Waals surface area contributed by atoms with Crippen LogP contribution in [-0.4, -0.2) is 36.3 Å². The number of anilines is 2. The van der Waals surface area contributed by atoms with Crippen molar-refractivity contribution >= 4 is 29.1 Å². The van der Waals surface area contributed by atoms with E-state index in [-0.39, 0.29) is 17.4 Å². The third kappa shape index (κ3) is 6.48. The molecule has 4 N–H and O–H groups in total. The molecule has 1 aromatic carbocycles. The van der Waals surface area contributed by atoms with Gasteiger partial charge in [0, 0.05) is 42.2 Å². The highest BCUT2D eigenvalue weighted by atomic mass is 35.5. The van der Waals surface area contributed by atoms with Crippen LogP contribution in [0.3, 0.4) is 0 Å². The van der Waals surface area contributed by atoms with Gasteiger partial charge in [0.15, 0.2) is 0 Å². The van der Waals surface area contributed by atoms with Gasteiger partial charge in [-0.3, -0.25) is 10.4 Å². The molecular formula is C23H19ClF3N7O2. The lowest BCUT2D eigenvalue weighted by molar-refractivity contribution is -0.137. The summed E-state index contributed by atoms with van der Waals surface area (Å²) in [5, 5.41) is 20.1. The van der Waals surface area contributed by atoms with E-state index in [1.165, 1.54) is 18.3 Å². The van der Waals surface area contributed by atoms with Crippen LogP contribution in [-0.2, 0) is 19.0 Å². The van der Waals surface area contributed by atoms with E-state index in [4.69, 9.17) is 11.6 Å². The van der Waals surface area contributed by atoms with E-state index in [9.17, 15) is 23.1 Å². The minimum atomic E-state index is -4.65. The molecule has 3 heterocycles. The zero-order valence-electron chi connectivity index (χ0n) is 18.7. The molecule has 0 unspecified atom stereocenters. The third-order valence-corrected chi connectivity index (χ3v) is 5.23. The SMILES string of the molecule is Cc1cc(Cc2cc(O)n[nH]2)nc(Cc2ccc(NC(=O)Nc3ccc(Cl)c(C(F)(F)F)c3)nc2)n1. The maximum absolute atomic E-state index is 13.0. The molecule has 0 saturated heterocycles. The number of alkyl halides is 3. The van der Waals surface area contributed by atoms with Crippen molar-refractivity contribution in [1.82, 2.24) is 25.1 Å². The summed E-state index contributed by atoms with van der Waals surface area (Å²) in [5.74, 6) is 0.673. The Morgan fingerprint density at radius 3 is 2.56 bits per heavy atom. The quantitative estimate of drug-likeness (QED) is 0.281. The maximum Gasteiger partial charge on any atom is 0.417 e. The summed E-state index contributed by atoms with van der Waals surface area (Å²) >= 11 is 5.59. The van der Waals surface area contributed by atoms with Crippen molar-refractivity contribution in [2.45, 2.75) is 25.9 Å². The van der Waals surface area contributed by atoms with E-state index in [2.05, 4.69) is 35.8 Å². The fraction of sp³-hybridized carbons (Fsp3) is 0.174. The van der Waals surface area contributed by atoms with Crippen LogP contribution in [0.1, 0.15) is 34.0 Å². The topological polar surface area (TPSA) is 129 Å². The molecule has 4 aromatic rings. The summed E-state index contributed by atoms with van der Waals surface area (Å²) in [6, 6.07) is 8.96. The van der Waals surface area contributed by atoms with Crippen molar-refractivity contribution in [3.05, 3.63) is 87.7 Å². The van der Waals surface area contributed by atoms with Crippen molar-refractivity contribution in [1.29, 1.82) is 0 Å². The highest BCUT2D eigenvalue weighted by Crippen LogP contribution is 2.36. The van der Waals surface area contributed by atoms with E-state index < -0.39 is 22.8 Å². The summed E-state index contributed by atoms with van der Waals surface area (Å²) < 4.78 is 39.0. The number of nitrogens with one attached hydrogen (secondary N) is 3. The van der Waals surface area contributed by atoms with Gasteiger partial charge in [-0.2, -0.15) is 13.2 Å². The van der Waals surface area contributed by atoms with Crippen molar-refractivity contribution in [2.75, 3.05) is 10.6 Å². The van der Waals surface area contributed by atoms with Crippen LogP contribution in [0, 0.1) is 6.92 Å². The van der Waals surface area contributed by atoms with Crippen molar-refractivity contribution in [3.8, 4) is 5.88 Å². The highest BCUT2D eigenvalue weighted by Gasteiger charge is 2.33. The number of urea groups is 1. The fourth-order valence-electron chi connectivity index (χ4n) is 3.39. The number of hydrogen-bond donors (Lipinski definition) is 4. The predicted octanol–water partition coefficient (Wildman–Crippen LogP) is 5.11. The lowest BCUT2D eigenvalue weighted by atomic mass is 10.1. The van der Waals surface area contributed by atoms with Crippen molar-refractivity contribution in [2.24, 2.45) is 0 Å². The number of amides is 2. The van der Waals surface area contributed by atoms with Gasteiger partial charge in [0.25, 0.3) is 0 Å². The molecule has 36 heavy (non-hydrogen) atoms. The first-order valence-electron chi connectivity index (χ1n) is 10.5. The second-order valence-electron chi connectivity index (χ2n) is 7.85. The van der Waals surface area contributed by atoms with Gasteiger partial charge in [-0.05, 0) is 42.8 Å². The van der Waals surface area contributed by atoms with Crippen LogP contribution < -0.4 is 10.6 Å². The minimum absolute atomic E-state index is 0.0708. The number of carbonyl (C=O) groups is 1. The average molecular weight is 518 g/mol. The van der Waals surface area contributed by atoms with Gasteiger partial charge >= 0.3 is 12.2 Å². The van der Waals surface area contributed by atoms with E-state index in [0.717, 1.165) is 29.1 Å². The molecule has 0 saturated carbocycles. The number of aromatic hydroxyl groups is 1. The molecule has 3 aromatic heterocycles. The number of pyridine rings is 1. The van der Waals surface area contributed by atoms with Gasteiger partial charge < -0.3 is 10.4 Å². The molecule has 2 amide bonds. The van der Waals surface area contributed by atoms with E-state index >= 15 is 0 Å². The summed E-state index contributed by atoms with van der Waals surface area (Å²) in [6.45, 7) is 1.85. The second-order valence-corrected chi connectivity index (χ2v) is 8.25. The monoisotopic (exact) mass is 517 g/mol. The summed E-state index contributed by atoms with van der Waals surface area (Å²) in [7, 11) is 0. The summed E-state index contributed by atoms with van der Waals surface area (Å²) in [6.07, 6.45) is -2.28. The number of benzene rings is 1. The molecule has 4 rings (SSSR count). The third-order valence-electron chi connectivity index (χ3n) is 4.90. The Labute approximate surface area is 207 Å². The Balaban J connectivity index is 1.38. The molecule has 13 heteroatoms. The Kier molecular flexibility index (Phi) is 7.06. The smallest absolute Gasteiger partial charge is 0.417 e. The molecule has 0 fully saturated rings. The van der Waals surface area contributed by atoms with Gasteiger partial charge in [0.05, 0.1) is 16.3 Å². The van der Waals surface area contributed by atoms with E-state index in [1.54, 1.807) is 12.1 Å². The van der Waals surface area contributed by atoms with Gasteiger partial charge in [0.2, 0.25) is 5.88 Å². The first-order chi connectivity index (χ1) is 17.0. The number of aryl methyl sites for hydroxylation is 1. The van der Waals surface area contributed by atoms with Gasteiger partial charge in [-0.25, -0.2) is 19.7 Å². The highest BCUT2D eigenvalue weighted by molar-refractivity contribution is 6.31. The molecule has 0 bridgehead atoms. The van der Waals surface area contributed by atoms with E-state index in [0.29, 0.717) is 24.4 Å². The molecule has 0 radical (unpaired) electrons. The van der Waals surface area contributed by atoms with Crippen LogP contribution >= 0.6 is 11.6 Å². The lowest BCUT2D eigenvalue weighted by Crippen LogP contribution is -2.20. The fourth-order valence-corrected chi connectivity index (χ4v) is 3.61. The molecule has 186 valence electrons. The van der Waals surface area contributed by atoms with E-state index in [1.807, 2.05) is 13.0 Å². The molecule has 0 aliphatic carbocycles. The normalized spacial score (nSPS) is 11.4. The number of aromatic nitrogens is 5.